The predicted octanol–water partition coefficient (Wildman–Crippen LogP) is 2.36. The Hall–Kier alpha value is -0.100. The van der Waals surface area contributed by atoms with Crippen LogP contribution in [0, 0.1) is 9.81 Å². The fourth-order valence-electron chi connectivity index (χ4n) is 0.666. The van der Waals surface area contributed by atoms with Crippen LogP contribution in [0.1, 0.15) is 15.9 Å². The van der Waals surface area contributed by atoms with E-state index >= 15 is 0 Å². The Morgan fingerprint density at radius 1 is 1.80 bits per heavy atom. The Labute approximate surface area is 76.0 Å². The normalized spacial score (nSPS) is 9.80. The number of halogens is 1. The summed E-state index contributed by atoms with van der Waals surface area (Å²) < 4.78 is 0.850. The van der Waals surface area contributed by atoms with E-state index in [0.29, 0.717) is 5.56 Å². The van der Waals surface area contributed by atoms with E-state index in [1.807, 2.05) is 34.9 Å². The lowest BCUT2D eigenvalue weighted by atomic mass is 10.2. The van der Waals surface area contributed by atoms with Gasteiger partial charge >= 0.3 is 5.97 Å². The molecular weight excluding hydrogens is 263 g/mol. The molecule has 0 atom stereocenters. The van der Waals surface area contributed by atoms with Crippen molar-refractivity contribution >= 4 is 39.9 Å². The summed E-state index contributed by atoms with van der Waals surface area (Å²) >= 11 is 3.50. The van der Waals surface area contributed by atoms with Crippen molar-refractivity contribution in [1.29, 1.82) is 0 Å². The van der Waals surface area contributed by atoms with Crippen LogP contribution in [0.25, 0.3) is 0 Å². The van der Waals surface area contributed by atoms with Crippen molar-refractivity contribution in [3.63, 3.8) is 0 Å². The third-order valence-electron chi connectivity index (χ3n) is 1.14. The van der Waals surface area contributed by atoms with E-state index in [1.54, 1.807) is 0 Å². The number of hydrogen-bond acceptors (Lipinski definition) is 2. The lowest BCUT2D eigenvalue weighted by molar-refractivity contribution is 0.0695. The molecule has 0 aliphatic rings. The van der Waals surface area contributed by atoms with E-state index in [4.69, 9.17) is 5.11 Å². The van der Waals surface area contributed by atoms with Gasteiger partial charge in [-0.3, -0.25) is 0 Å². The monoisotopic (exact) mass is 268 g/mol. The molecule has 0 radical (unpaired) electrons. The molecule has 0 aromatic carbocycles. The maximum atomic E-state index is 10.5. The Bertz CT molecular complexity index is 247. The van der Waals surface area contributed by atoms with Crippen molar-refractivity contribution in [1.82, 2.24) is 0 Å². The summed E-state index contributed by atoms with van der Waals surface area (Å²) in [4.78, 5) is 10.5. The van der Waals surface area contributed by atoms with Crippen molar-refractivity contribution in [2.45, 2.75) is 6.92 Å². The first-order valence-electron chi connectivity index (χ1n) is 2.60. The zero-order valence-corrected chi connectivity index (χ0v) is 8.19. The highest BCUT2D eigenvalue weighted by atomic mass is 127. The predicted molar refractivity (Wildman–Crippen MR) is 48.7 cm³/mol. The van der Waals surface area contributed by atoms with Crippen LogP contribution < -0.4 is 0 Å². The molecule has 0 aliphatic carbocycles. The smallest absolute Gasteiger partial charge is 0.337 e. The van der Waals surface area contributed by atoms with Crippen LogP contribution in [-0.4, -0.2) is 11.1 Å². The lowest BCUT2D eigenvalue weighted by Crippen LogP contribution is -1.97. The summed E-state index contributed by atoms with van der Waals surface area (Å²) in [6, 6.07) is 0. The SMILES string of the molecule is Cc1csc(I)c1C(=O)O. The highest BCUT2D eigenvalue weighted by Crippen LogP contribution is 2.23. The molecular formula is C6H5IO2S. The van der Waals surface area contributed by atoms with E-state index in [1.165, 1.54) is 11.3 Å². The highest BCUT2D eigenvalue weighted by Gasteiger charge is 2.12. The quantitative estimate of drug-likeness (QED) is 0.794. The van der Waals surface area contributed by atoms with Crippen LogP contribution in [0.15, 0.2) is 5.38 Å². The van der Waals surface area contributed by atoms with Gasteiger partial charge in [-0.1, -0.05) is 0 Å². The molecule has 10 heavy (non-hydrogen) atoms. The minimum Gasteiger partial charge on any atom is -0.478 e. The van der Waals surface area contributed by atoms with Crippen molar-refractivity contribution in [2.75, 3.05) is 0 Å². The molecule has 0 amide bonds. The van der Waals surface area contributed by atoms with Crippen LogP contribution in [0.4, 0.5) is 0 Å². The molecule has 0 saturated heterocycles. The van der Waals surface area contributed by atoms with E-state index < -0.39 is 5.97 Å². The zero-order chi connectivity index (χ0) is 7.72. The van der Waals surface area contributed by atoms with Gasteiger partial charge in [0.15, 0.2) is 0 Å². The molecule has 1 N–H and O–H groups in total. The molecule has 4 heteroatoms. The zero-order valence-electron chi connectivity index (χ0n) is 5.22. The number of carboxylic acid groups (broad SMARTS) is 1. The van der Waals surface area contributed by atoms with E-state index in [0.717, 1.165) is 8.45 Å². The molecule has 0 unspecified atom stereocenters. The first-order valence-corrected chi connectivity index (χ1v) is 4.55. The van der Waals surface area contributed by atoms with Gasteiger partial charge in [0.2, 0.25) is 0 Å². The summed E-state index contributed by atoms with van der Waals surface area (Å²) in [6.07, 6.45) is 0. The van der Waals surface area contributed by atoms with E-state index in [9.17, 15) is 4.79 Å². The first kappa shape index (κ1) is 8.00. The molecule has 0 fully saturated rings. The largest absolute Gasteiger partial charge is 0.478 e. The lowest BCUT2D eigenvalue weighted by Gasteiger charge is -1.90. The number of aryl methyl sites for hydroxylation is 1. The number of carbonyl (C=O) groups is 1. The molecule has 1 aromatic rings. The summed E-state index contributed by atoms with van der Waals surface area (Å²) in [5.74, 6) is -0.830. The average Bonchev–Trinajstić information content (AvgIpc) is 2.11. The summed E-state index contributed by atoms with van der Waals surface area (Å²) in [6.45, 7) is 1.81. The van der Waals surface area contributed by atoms with Gasteiger partial charge in [-0.15, -0.1) is 11.3 Å². The third kappa shape index (κ3) is 1.32. The second kappa shape index (κ2) is 2.87. The maximum Gasteiger partial charge on any atom is 0.337 e. The molecule has 0 aliphatic heterocycles. The Morgan fingerprint density at radius 2 is 2.40 bits per heavy atom. The fraction of sp³-hybridized carbons (Fsp3) is 0.167. The minimum atomic E-state index is -0.830. The number of rotatable bonds is 1. The van der Waals surface area contributed by atoms with Gasteiger partial charge < -0.3 is 5.11 Å². The summed E-state index contributed by atoms with van der Waals surface area (Å²) in [7, 11) is 0. The van der Waals surface area contributed by atoms with Crippen molar-refractivity contribution in [3.05, 3.63) is 19.4 Å². The van der Waals surface area contributed by atoms with Gasteiger partial charge in [-0.2, -0.15) is 0 Å². The number of hydrogen-bond donors (Lipinski definition) is 1. The summed E-state index contributed by atoms with van der Waals surface area (Å²) in [5, 5.41) is 10.5. The van der Waals surface area contributed by atoms with Gasteiger partial charge in [0, 0.05) is 0 Å². The molecule has 2 nitrogen and oxygen atoms in total. The maximum absolute atomic E-state index is 10.5. The van der Waals surface area contributed by atoms with Crippen LogP contribution in [0.5, 0.6) is 0 Å². The van der Waals surface area contributed by atoms with Gasteiger partial charge in [0.1, 0.15) is 0 Å². The number of thiophene rings is 1. The number of carboxylic acids is 1. The molecule has 54 valence electrons. The third-order valence-corrected chi connectivity index (χ3v) is 3.33. The van der Waals surface area contributed by atoms with Crippen molar-refractivity contribution in [2.24, 2.45) is 0 Å². The van der Waals surface area contributed by atoms with Gasteiger partial charge in [-0.05, 0) is 40.5 Å². The second-order valence-electron chi connectivity index (χ2n) is 1.87. The van der Waals surface area contributed by atoms with Gasteiger partial charge in [-0.25, -0.2) is 4.79 Å². The van der Waals surface area contributed by atoms with Gasteiger partial charge in [0.25, 0.3) is 0 Å². The van der Waals surface area contributed by atoms with Crippen molar-refractivity contribution in [3.8, 4) is 0 Å². The van der Waals surface area contributed by atoms with Crippen molar-refractivity contribution < 1.29 is 9.90 Å². The summed E-state index contributed by atoms with van der Waals surface area (Å²) in [5.41, 5.74) is 1.30. The first-order chi connectivity index (χ1) is 4.63. The molecule has 0 spiro atoms. The van der Waals surface area contributed by atoms with Crippen LogP contribution in [-0.2, 0) is 0 Å². The Balaban J connectivity index is 3.23. The molecule has 1 aromatic heterocycles. The van der Waals surface area contributed by atoms with Crippen LogP contribution >= 0.6 is 33.9 Å². The number of aromatic carboxylic acids is 1. The van der Waals surface area contributed by atoms with Crippen LogP contribution in [0.2, 0.25) is 0 Å². The molecule has 0 bridgehead atoms. The molecule has 1 heterocycles. The van der Waals surface area contributed by atoms with Gasteiger partial charge in [0.05, 0.1) is 8.45 Å². The molecule has 1 rings (SSSR count). The highest BCUT2D eigenvalue weighted by molar-refractivity contribution is 14.1. The topological polar surface area (TPSA) is 37.3 Å². The average molecular weight is 268 g/mol. The molecule has 0 saturated carbocycles. The Morgan fingerprint density at radius 3 is 2.60 bits per heavy atom. The second-order valence-corrected chi connectivity index (χ2v) is 4.56. The van der Waals surface area contributed by atoms with Crippen LogP contribution in [0.3, 0.4) is 0 Å². The van der Waals surface area contributed by atoms with E-state index in [2.05, 4.69) is 0 Å². The van der Waals surface area contributed by atoms with E-state index in [-0.39, 0.29) is 0 Å². The minimum absolute atomic E-state index is 0.450. The Kier molecular flexibility index (Phi) is 2.30. The standard InChI is InChI=1S/C6H5IO2S/c1-3-2-10-5(7)4(3)6(8)9/h2H,1H3,(H,8,9). The fourth-order valence-corrected chi connectivity index (χ4v) is 2.47.